The van der Waals surface area contributed by atoms with E-state index in [4.69, 9.17) is 0 Å². The van der Waals surface area contributed by atoms with Crippen LogP contribution in [-0.2, 0) is 0 Å². The monoisotopic (exact) mass is 658 g/mol. The molecule has 0 bridgehead atoms. The fourth-order valence-corrected chi connectivity index (χ4v) is 8.56. The lowest BCUT2D eigenvalue weighted by atomic mass is 9.82. The molecule has 0 saturated carbocycles. The van der Waals surface area contributed by atoms with Crippen LogP contribution < -0.4 is 0 Å². The minimum absolute atomic E-state index is 1.12. The van der Waals surface area contributed by atoms with Gasteiger partial charge in [0.05, 0.1) is 0 Å². The molecular weight excluding hydrogens is 632 g/mol. The van der Waals surface area contributed by atoms with Crippen LogP contribution in [0.4, 0.5) is 0 Å². The van der Waals surface area contributed by atoms with Crippen LogP contribution in [0.1, 0.15) is 0 Å². The fraction of sp³-hybridized carbons (Fsp3) is 0. The number of rotatable bonds is 3. The van der Waals surface area contributed by atoms with E-state index in [2.05, 4.69) is 180 Å². The highest BCUT2D eigenvalue weighted by Crippen LogP contribution is 2.49. The van der Waals surface area contributed by atoms with Crippen molar-refractivity contribution in [1.82, 2.24) is 0 Å². The van der Waals surface area contributed by atoms with Gasteiger partial charge in [-0.15, -0.1) is 0 Å². The molecule has 0 radical (unpaired) electrons. The summed E-state index contributed by atoms with van der Waals surface area (Å²) in [5, 5.41) is 15.3. The fourth-order valence-electron chi connectivity index (χ4n) is 8.00. The quantitative estimate of drug-likeness (QED) is 0.166. The smallest absolute Gasteiger partial charge is 0.0260 e. The summed E-state index contributed by atoms with van der Waals surface area (Å²) in [6, 6.07) is 60.5. The Balaban J connectivity index is 1.41. The predicted molar refractivity (Wildman–Crippen MR) is 207 cm³/mol. The molecule has 0 nitrogen and oxygen atoms in total. The van der Waals surface area contributed by atoms with Gasteiger partial charge in [0.1, 0.15) is 0 Å². The molecule has 0 aliphatic carbocycles. The van der Waals surface area contributed by atoms with Crippen LogP contribution >= 0.6 is 15.9 Å². The van der Waals surface area contributed by atoms with Crippen molar-refractivity contribution < 1.29 is 0 Å². The number of hydrogen-bond acceptors (Lipinski definition) is 0. The molecule has 0 fully saturated rings. The van der Waals surface area contributed by atoms with Crippen molar-refractivity contribution in [2.24, 2.45) is 0 Å². The molecular formula is C46H27Br. The van der Waals surface area contributed by atoms with Crippen molar-refractivity contribution in [2.75, 3.05) is 0 Å². The highest BCUT2D eigenvalue weighted by molar-refractivity contribution is 9.10. The molecule has 47 heavy (non-hydrogen) atoms. The Hall–Kier alpha value is -5.50. The van der Waals surface area contributed by atoms with Crippen LogP contribution in [0.25, 0.3) is 98.0 Å². The van der Waals surface area contributed by atoms with Gasteiger partial charge in [-0.1, -0.05) is 168 Å². The summed E-state index contributed by atoms with van der Waals surface area (Å²) in [5.74, 6) is 0. The summed E-state index contributed by atoms with van der Waals surface area (Å²) in [7, 11) is 0. The molecule has 0 aromatic heterocycles. The molecule has 218 valence electrons. The van der Waals surface area contributed by atoms with E-state index < -0.39 is 0 Å². The van der Waals surface area contributed by atoms with E-state index in [-0.39, 0.29) is 0 Å². The van der Waals surface area contributed by atoms with Crippen molar-refractivity contribution in [2.45, 2.75) is 0 Å². The molecule has 10 rings (SSSR count). The average molecular weight is 660 g/mol. The first kappa shape index (κ1) is 26.7. The first-order valence-corrected chi connectivity index (χ1v) is 16.9. The molecule has 0 spiro atoms. The summed E-state index contributed by atoms with van der Waals surface area (Å²) >= 11 is 4.05. The highest BCUT2D eigenvalue weighted by Gasteiger charge is 2.21. The lowest BCUT2D eigenvalue weighted by Crippen LogP contribution is -1.94. The topological polar surface area (TPSA) is 0 Å². The minimum atomic E-state index is 1.12. The van der Waals surface area contributed by atoms with E-state index in [0.29, 0.717) is 0 Å². The van der Waals surface area contributed by atoms with E-state index in [1.54, 1.807) is 0 Å². The zero-order valence-electron chi connectivity index (χ0n) is 25.5. The summed E-state index contributed by atoms with van der Waals surface area (Å²) in [6.07, 6.45) is 0. The molecule has 0 heterocycles. The van der Waals surface area contributed by atoms with Crippen molar-refractivity contribution in [3.05, 3.63) is 168 Å². The predicted octanol–water partition coefficient (Wildman–Crippen LogP) is 13.8. The maximum absolute atomic E-state index is 4.05. The van der Waals surface area contributed by atoms with Crippen molar-refractivity contribution in [3.63, 3.8) is 0 Å². The number of fused-ring (bicyclic) bond motifs is 3. The second-order valence-electron chi connectivity index (χ2n) is 12.5. The van der Waals surface area contributed by atoms with Crippen LogP contribution in [0, 0.1) is 0 Å². The van der Waals surface area contributed by atoms with Gasteiger partial charge in [-0.05, 0) is 110 Å². The van der Waals surface area contributed by atoms with E-state index >= 15 is 0 Å². The third-order valence-corrected chi connectivity index (χ3v) is 10.7. The standard InChI is InChI=1S/C46H27Br/c47-44-27-43(36-21-9-15-30-12-3-6-18-33(30)36)39-23-22-37-41(34-19-7-13-28-10-1-4-16-31(28)34)26-42(38-24-25-40(44)46(39)45(37)38)35-20-8-14-29-11-2-5-17-32(29)35/h1-27H. The Morgan fingerprint density at radius 3 is 1.04 bits per heavy atom. The lowest BCUT2D eigenvalue weighted by Gasteiger charge is -2.21. The van der Waals surface area contributed by atoms with Gasteiger partial charge in [-0.3, -0.25) is 0 Å². The van der Waals surface area contributed by atoms with Crippen LogP contribution in [0.3, 0.4) is 0 Å². The Morgan fingerprint density at radius 2 is 0.596 bits per heavy atom. The van der Waals surface area contributed by atoms with Crippen molar-refractivity contribution in [3.8, 4) is 33.4 Å². The molecule has 0 unspecified atom stereocenters. The van der Waals surface area contributed by atoms with E-state index in [1.165, 1.54) is 98.0 Å². The van der Waals surface area contributed by atoms with Gasteiger partial charge >= 0.3 is 0 Å². The van der Waals surface area contributed by atoms with Gasteiger partial charge in [0.25, 0.3) is 0 Å². The maximum atomic E-state index is 4.05. The van der Waals surface area contributed by atoms with E-state index in [1.807, 2.05) is 0 Å². The van der Waals surface area contributed by atoms with Crippen LogP contribution in [-0.4, -0.2) is 0 Å². The number of benzene rings is 10. The third-order valence-electron chi connectivity index (χ3n) is 10.1. The van der Waals surface area contributed by atoms with E-state index in [9.17, 15) is 0 Å². The second kappa shape index (κ2) is 10.3. The first-order chi connectivity index (χ1) is 23.2. The largest absolute Gasteiger partial charge is 0.0616 e. The zero-order chi connectivity index (χ0) is 31.1. The van der Waals surface area contributed by atoms with Crippen molar-refractivity contribution in [1.29, 1.82) is 0 Å². The molecule has 0 aliphatic heterocycles. The lowest BCUT2D eigenvalue weighted by molar-refractivity contribution is 1.66. The van der Waals surface area contributed by atoms with Crippen LogP contribution in [0.5, 0.6) is 0 Å². The Labute approximate surface area is 281 Å². The van der Waals surface area contributed by atoms with Gasteiger partial charge in [0, 0.05) is 4.47 Å². The summed E-state index contributed by atoms with van der Waals surface area (Å²) in [6.45, 7) is 0. The highest BCUT2D eigenvalue weighted by atomic mass is 79.9. The first-order valence-electron chi connectivity index (χ1n) is 16.1. The molecule has 1 heteroatoms. The third kappa shape index (κ3) is 3.94. The molecule has 0 saturated heterocycles. The Kier molecular flexibility index (Phi) is 5.82. The SMILES string of the molecule is Brc1cc(-c2cccc3ccccc23)c2ccc3c(-c4cccc5ccccc45)cc(-c4cccc5ccccc45)c4ccc1c2c43. The van der Waals surface area contributed by atoms with Crippen LogP contribution in [0.15, 0.2) is 168 Å². The Morgan fingerprint density at radius 1 is 0.255 bits per heavy atom. The molecule has 10 aromatic carbocycles. The molecule has 0 N–H and O–H groups in total. The van der Waals surface area contributed by atoms with E-state index in [0.717, 1.165) is 4.47 Å². The van der Waals surface area contributed by atoms with Gasteiger partial charge in [-0.25, -0.2) is 0 Å². The number of hydrogen-bond donors (Lipinski definition) is 0. The van der Waals surface area contributed by atoms with Gasteiger partial charge in [-0.2, -0.15) is 0 Å². The summed E-state index contributed by atoms with van der Waals surface area (Å²) in [4.78, 5) is 0. The molecule has 0 atom stereocenters. The van der Waals surface area contributed by atoms with Crippen LogP contribution in [0.2, 0.25) is 0 Å². The Bertz CT molecular complexity index is 2740. The number of halogens is 1. The maximum Gasteiger partial charge on any atom is 0.0260 e. The summed E-state index contributed by atoms with van der Waals surface area (Å²) < 4.78 is 1.12. The molecule has 0 amide bonds. The zero-order valence-corrected chi connectivity index (χ0v) is 27.1. The van der Waals surface area contributed by atoms with Gasteiger partial charge in [0.15, 0.2) is 0 Å². The normalized spacial score (nSPS) is 11.9. The summed E-state index contributed by atoms with van der Waals surface area (Å²) in [5.41, 5.74) is 7.55. The second-order valence-corrected chi connectivity index (χ2v) is 13.4. The average Bonchev–Trinajstić information content (AvgIpc) is 3.13. The van der Waals surface area contributed by atoms with Gasteiger partial charge in [0.2, 0.25) is 0 Å². The molecule has 10 aromatic rings. The minimum Gasteiger partial charge on any atom is -0.0616 e. The molecule has 0 aliphatic rings. The van der Waals surface area contributed by atoms with Crippen molar-refractivity contribution >= 4 is 80.6 Å². The van der Waals surface area contributed by atoms with Gasteiger partial charge < -0.3 is 0 Å².